The molecule has 2 rings (SSSR count). The highest BCUT2D eigenvalue weighted by atomic mass is 32.2. The van der Waals surface area contributed by atoms with Gasteiger partial charge in [0.2, 0.25) is 10.0 Å². The maximum absolute atomic E-state index is 12.0. The maximum atomic E-state index is 12.0. The van der Waals surface area contributed by atoms with Crippen molar-refractivity contribution in [2.45, 2.75) is 23.6 Å². The number of aromatic nitrogens is 1. The van der Waals surface area contributed by atoms with E-state index < -0.39 is 10.0 Å². The predicted molar refractivity (Wildman–Crippen MR) is 85.3 cm³/mol. The average Bonchev–Trinajstić information content (AvgIpc) is 3.02. The van der Waals surface area contributed by atoms with Gasteiger partial charge in [-0.1, -0.05) is 12.1 Å². The highest BCUT2D eigenvalue weighted by Crippen LogP contribution is 2.15. The van der Waals surface area contributed by atoms with Gasteiger partial charge in [-0.2, -0.15) is 0 Å². The Hall–Kier alpha value is -1.77. The van der Waals surface area contributed by atoms with Gasteiger partial charge in [-0.15, -0.1) is 11.3 Å². The van der Waals surface area contributed by atoms with Crippen LogP contribution in [-0.4, -0.2) is 31.9 Å². The normalized spacial score (nSPS) is 12.8. The first-order chi connectivity index (χ1) is 10.5. The molecule has 0 spiro atoms. The zero-order valence-corrected chi connectivity index (χ0v) is 13.7. The zero-order valence-electron chi connectivity index (χ0n) is 12.0. The standard InChI is InChI=1S/C14H17N3O3S2/c1-11(17-22(19,20)13-6-4-10-21-13)7-9-16-14(18)12-5-2-3-8-15-12/h2-6,8,10-11,17H,7,9H2,1H3,(H,16,18). The van der Waals surface area contributed by atoms with Crippen LogP contribution in [0.4, 0.5) is 0 Å². The number of carbonyl (C=O) groups excluding carboxylic acids is 1. The summed E-state index contributed by atoms with van der Waals surface area (Å²) in [5, 5.41) is 4.43. The minimum absolute atomic E-state index is 0.270. The molecule has 1 unspecified atom stereocenters. The summed E-state index contributed by atoms with van der Waals surface area (Å²) in [4.78, 5) is 15.7. The van der Waals surface area contributed by atoms with Gasteiger partial charge in [0.05, 0.1) is 0 Å². The molecule has 2 aromatic heterocycles. The lowest BCUT2D eigenvalue weighted by Gasteiger charge is -2.13. The van der Waals surface area contributed by atoms with E-state index in [4.69, 9.17) is 0 Å². The second-order valence-electron chi connectivity index (χ2n) is 4.71. The molecular weight excluding hydrogens is 322 g/mol. The number of pyridine rings is 1. The van der Waals surface area contributed by atoms with Gasteiger partial charge in [-0.25, -0.2) is 13.1 Å². The largest absolute Gasteiger partial charge is 0.351 e. The summed E-state index contributed by atoms with van der Waals surface area (Å²) in [7, 11) is -3.48. The molecule has 2 heterocycles. The molecule has 2 aromatic rings. The molecule has 2 N–H and O–H groups in total. The van der Waals surface area contributed by atoms with E-state index in [1.165, 1.54) is 11.3 Å². The van der Waals surface area contributed by atoms with E-state index in [0.29, 0.717) is 18.7 Å². The first-order valence-corrected chi connectivity index (χ1v) is 9.10. The fourth-order valence-electron chi connectivity index (χ4n) is 1.79. The highest BCUT2D eigenvalue weighted by Gasteiger charge is 2.18. The van der Waals surface area contributed by atoms with Crippen molar-refractivity contribution in [3.05, 3.63) is 47.6 Å². The number of nitrogens with zero attached hydrogens (tertiary/aromatic N) is 1. The van der Waals surface area contributed by atoms with Gasteiger partial charge in [-0.05, 0) is 36.9 Å². The minimum atomic E-state index is -3.48. The number of amides is 1. The van der Waals surface area contributed by atoms with Crippen molar-refractivity contribution in [3.63, 3.8) is 0 Å². The van der Waals surface area contributed by atoms with Gasteiger partial charge >= 0.3 is 0 Å². The number of nitrogens with one attached hydrogen (secondary N) is 2. The van der Waals surface area contributed by atoms with E-state index in [1.54, 1.807) is 48.8 Å². The summed E-state index contributed by atoms with van der Waals surface area (Å²) in [6, 6.07) is 8.06. The van der Waals surface area contributed by atoms with Crippen LogP contribution in [0.2, 0.25) is 0 Å². The second kappa shape index (κ2) is 7.48. The van der Waals surface area contributed by atoms with Gasteiger partial charge in [0.25, 0.3) is 5.91 Å². The van der Waals surface area contributed by atoms with Crippen molar-refractivity contribution in [2.75, 3.05) is 6.54 Å². The van der Waals surface area contributed by atoms with Gasteiger partial charge in [0, 0.05) is 18.8 Å². The summed E-state index contributed by atoms with van der Waals surface area (Å²) in [5.41, 5.74) is 0.342. The van der Waals surface area contributed by atoms with Gasteiger partial charge in [-0.3, -0.25) is 9.78 Å². The first kappa shape index (κ1) is 16.6. The van der Waals surface area contributed by atoms with Crippen LogP contribution in [0.15, 0.2) is 46.1 Å². The second-order valence-corrected chi connectivity index (χ2v) is 7.60. The molecule has 0 aliphatic rings. The van der Waals surface area contributed by atoms with E-state index in [1.807, 2.05) is 0 Å². The quantitative estimate of drug-likeness (QED) is 0.802. The molecule has 0 aromatic carbocycles. The van der Waals surface area contributed by atoms with Crippen molar-refractivity contribution in [1.29, 1.82) is 0 Å². The Bertz CT molecular complexity index is 700. The lowest BCUT2D eigenvalue weighted by Crippen LogP contribution is -2.35. The monoisotopic (exact) mass is 339 g/mol. The Morgan fingerprint density at radius 3 is 2.77 bits per heavy atom. The van der Waals surface area contributed by atoms with Crippen molar-refractivity contribution >= 4 is 27.3 Å². The van der Waals surface area contributed by atoms with E-state index in [9.17, 15) is 13.2 Å². The van der Waals surface area contributed by atoms with E-state index in [0.717, 1.165) is 0 Å². The third-order valence-electron chi connectivity index (χ3n) is 2.88. The number of thiophene rings is 1. The number of carbonyl (C=O) groups is 1. The number of rotatable bonds is 7. The summed E-state index contributed by atoms with van der Waals surface area (Å²) in [6.07, 6.45) is 2.04. The van der Waals surface area contributed by atoms with Crippen LogP contribution in [0.5, 0.6) is 0 Å². The van der Waals surface area contributed by atoms with Gasteiger partial charge in [0.1, 0.15) is 9.90 Å². The molecule has 0 saturated heterocycles. The molecule has 0 aliphatic carbocycles. The SMILES string of the molecule is CC(CCNC(=O)c1ccccn1)NS(=O)(=O)c1cccs1. The Labute approximate surface area is 133 Å². The third-order valence-corrected chi connectivity index (χ3v) is 5.86. The lowest BCUT2D eigenvalue weighted by atomic mass is 10.2. The third kappa shape index (κ3) is 4.62. The molecule has 0 radical (unpaired) electrons. The minimum Gasteiger partial charge on any atom is -0.351 e. The molecule has 0 fully saturated rings. The fraction of sp³-hybridized carbons (Fsp3) is 0.286. The van der Waals surface area contributed by atoms with Gasteiger partial charge in [0.15, 0.2) is 0 Å². The summed E-state index contributed by atoms with van der Waals surface area (Å²) >= 11 is 1.17. The molecule has 0 aliphatic heterocycles. The molecule has 0 saturated carbocycles. The molecular formula is C14H17N3O3S2. The topological polar surface area (TPSA) is 88.2 Å². The molecule has 6 nitrogen and oxygen atoms in total. The lowest BCUT2D eigenvalue weighted by molar-refractivity contribution is 0.0947. The summed E-state index contributed by atoms with van der Waals surface area (Å²) in [6.45, 7) is 2.13. The fourth-order valence-corrected chi connectivity index (χ4v) is 4.08. The Morgan fingerprint density at radius 2 is 2.14 bits per heavy atom. The van der Waals surface area contributed by atoms with E-state index in [2.05, 4.69) is 15.0 Å². The Kier molecular flexibility index (Phi) is 5.64. The molecule has 22 heavy (non-hydrogen) atoms. The highest BCUT2D eigenvalue weighted by molar-refractivity contribution is 7.91. The van der Waals surface area contributed by atoms with Crippen LogP contribution in [-0.2, 0) is 10.0 Å². The summed E-state index contributed by atoms with van der Waals surface area (Å²) in [5.74, 6) is -0.270. The zero-order chi connectivity index (χ0) is 16.0. The molecule has 0 bridgehead atoms. The van der Waals surface area contributed by atoms with Crippen molar-refractivity contribution in [2.24, 2.45) is 0 Å². The maximum Gasteiger partial charge on any atom is 0.269 e. The summed E-state index contributed by atoms with van der Waals surface area (Å²) < 4.78 is 26.9. The smallest absolute Gasteiger partial charge is 0.269 e. The van der Waals surface area contributed by atoms with Crippen LogP contribution < -0.4 is 10.0 Å². The molecule has 1 amide bonds. The van der Waals surface area contributed by atoms with Crippen LogP contribution in [0.1, 0.15) is 23.8 Å². The number of sulfonamides is 1. The van der Waals surface area contributed by atoms with Crippen molar-refractivity contribution in [3.8, 4) is 0 Å². The van der Waals surface area contributed by atoms with Crippen LogP contribution in [0.25, 0.3) is 0 Å². The molecule has 118 valence electrons. The predicted octanol–water partition coefficient (Wildman–Crippen LogP) is 1.63. The average molecular weight is 339 g/mol. The van der Waals surface area contributed by atoms with Crippen LogP contribution >= 0.6 is 11.3 Å². The number of hydrogen-bond acceptors (Lipinski definition) is 5. The number of hydrogen-bond donors (Lipinski definition) is 2. The van der Waals surface area contributed by atoms with E-state index in [-0.39, 0.29) is 16.2 Å². The van der Waals surface area contributed by atoms with Crippen molar-refractivity contribution < 1.29 is 13.2 Å². The Balaban J connectivity index is 1.79. The van der Waals surface area contributed by atoms with E-state index >= 15 is 0 Å². The van der Waals surface area contributed by atoms with Crippen LogP contribution in [0, 0.1) is 0 Å². The first-order valence-electron chi connectivity index (χ1n) is 6.74. The van der Waals surface area contributed by atoms with Crippen molar-refractivity contribution in [1.82, 2.24) is 15.0 Å². The van der Waals surface area contributed by atoms with Gasteiger partial charge < -0.3 is 5.32 Å². The Morgan fingerprint density at radius 1 is 1.32 bits per heavy atom. The van der Waals surface area contributed by atoms with Crippen LogP contribution in [0.3, 0.4) is 0 Å². The molecule has 1 atom stereocenters. The molecule has 8 heteroatoms.